The molecule has 168 valence electrons. The van der Waals surface area contributed by atoms with Crippen LogP contribution in [0.15, 0.2) is 36.4 Å². The summed E-state index contributed by atoms with van der Waals surface area (Å²) in [6.45, 7) is 10.2. The minimum Gasteiger partial charge on any atom is -0.378 e. The van der Waals surface area contributed by atoms with Crippen LogP contribution in [0.5, 0.6) is 0 Å². The minimum atomic E-state index is -0.488. The molecule has 1 aliphatic heterocycles. The molecule has 1 saturated heterocycles. The largest absolute Gasteiger partial charge is 0.378 e. The van der Waals surface area contributed by atoms with Crippen molar-refractivity contribution in [3.8, 4) is 0 Å². The zero-order valence-corrected chi connectivity index (χ0v) is 19.0. The van der Waals surface area contributed by atoms with Crippen molar-refractivity contribution in [2.45, 2.75) is 33.7 Å². The fourth-order valence-electron chi connectivity index (χ4n) is 4.16. The van der Waals surface area contributed by atoms with Crippen molar-refractivity contribution in [3.05, 3.63) is 75.5 Å². The van der Waals surface area contributed by atoms with E-state index < -0.39 is 5.91 Å². The van der Waals surface area contributed by atoms with Gasteiger partial charge in [-0.15, -0.1) is 0 Å². The average Bonchev–Trinajstić information content (AvgIpc) is 3.19. The summed E-state index contributed by atoms with van der Waals surface area (Å²) in [7, 11) is 0. The first-order valence-electron chi connectivity index (χ1n) is 11.0. The van der Waals surface area contributed by atoms with Gasteiger partial charge >= 0.3 is 0 Å². The van der Waals surface area contributed by atoms with Crippen LogP contribution in [0.25, 0.3) is 0 Å². The number of nitrogens with zero attached hydrogens (tertiary/aromatic N) is 2. The third-order valence-electron chi connectivity index (χ3n) is 6.23. The number of nitrogens with one attached hydrogen (secondary N) is 2. The van der Waals surface area contributed by atoms with Crippen LogP contribution in [-0.4, -0.2) is 42.4 Å². The van der Waals surface area contributed by atoms with E-state index in [9.17, 15) is 4.79 Å². The molecule has 1 fully saturated rings. The lowest BCUT2D eigenvalue weighted by molar-refractivity contribution is 0.100. The number of primary amides is 1. The number of benzene rings is 2. The molecule has 3 aromatic rings. The van der Waals surface area contributed by atoms with Gasteiger partial charge in [0.05, 0.1) is 18.9 Å². The fourth-order valence-corrected chi connectivity index (χ4v) is 4.16. The van der Waals surface area contributed by atoms with Crippen LogP contribution in [-0.2, 0) is 17.7 Å². The summed E-state index contributed by atoms with van der Waals surface area (Å²) in [6.07, 6.45) is 0.555. The second-order valence-corrected chi connectivity index (χ2v) is 8.44. The maximum Gasteiger partial charge on any atom is 0.254 e. The van der Waals surface area contributed by atoms with E-state index in [-0.39, 0.29) is 0 Å². The molecule has 1 aliphatic rings. The first-order valence-corrected chi connectivity index (χ1v) is 11.0. The molecule has 0 saturated carbocycles. The van der Waals surface area contributed by atoms with E-state index in [1.807, 2.05) is 0 Å². The van der Waals surface area contributed by atoms with Crippen molar-refractivity contribution >= 4 is 17.4 Å². The summed E-state index contributed by atoms with van der Waals surface area (Å²) < 4.78 is 5.42. The van der Waals surface area contributed by atoms with Gasteiger partial charge in [0.1, 0.15) is 5.56 Å². The van der Waals surface area contributed by atoms with Crippen LogP contribution >= 0.6 is 0 Å². The first kappa shape index (κ1) is 21.9. The highest BCUT2D eigenvalue weighted by molar-refractivity contribution is 5.99. The molecule has 2 heterocycles. The molecule has 0 spiro atoms. The molecule has 0 bridgehead atoms. The molecule has 0 unspecified atom stereocenters. The molecule has 0 aliphatic carbocycles. The van der Waals surface area contributed by atoms with Crippen LogP contribution in [0.1, 0.15) is 43.9 Å². The van der Waals surface area contributed by atoms with Crippen molar-refractivity contribution in [2.75, 3.05) is 36.5 Å². The molecule has 2 aromatic carbocycles. The zero-order valence-electron chi connectivity index (χ0n) is 19.0. The number of carbonyl (C=O) groups excluding carboxylic acids is 1. The fraction of sp³-hybridized carbons (Fsp3) is 0.360. The quantitative estimate of drug-likeness (QED) is 0.530. The summed E-state index contributed by atoms with van der Waals surface area (Å²) in [5.41, 5.74) is 14.1. The van der Waals surface area contributed by atoms with Crippen molar-refractivity contribution in [1.29, 1.82) is 0 Å². The molecule has 0 atom stereocenters. The second-order valence-electron chi connectivity index (χ2n) is 8.44. The molecular formula is C25H31N5O2. The lowest BCUT2D eigenvalue weighted by Crippen LogP contribution is -2.36. The summed E-state index contributed by atoms with van der Waals surface area (Å²) >= 11 is 0. The smallest absolute Gasteiger partial charge is 0.254 e. The van der Waals surface area contributed by atoms with E-state index >= 15 is 0 Å². The van der Waals surface area contributed by atoms with Crippen LogP contribution in [0.3, 0.4) is 0 Å². The molecule has 4 rings (SSSR count). The van der Waals surface area contributed by atoms with Gasteiger partial charge < -0.3 is 20.7 Å². The van der Waals surface area contributed by atoms with Crippen LogP contribution in [0, 0.1) is 20.8 Å². The maximum atomic E-state index is 12.2. The molecule has 7 heteroatoms. The van der Waals surface area contributed by atoms with Crippen LogP contribution < -0.4 is 16.0 Å². The Bertz CT molecular complexity index is 1080. The first-order chi connectivity index (χ1) is 15.4. The van der Waals surface area contributed by atoms with Crippen LogP contribution in [0.4, 0.5) is 11.5 Å². The number of aryl methyl sites for hydroxylation is 2. The molecule has 1 amide bonds. The number of rotatable bonds is 7. The number of carbonyl (C=O) groups is 1. The topological polar surface area (TPSA) is 96.3 Å². The summed E-state index contributed by atoms with van der Waals surface area (Å²) in [5, 5.41) is 10.6. The van der Waals surface area contributed by atoms with Gasteiger partial charge in [-0.3, -0.25) is 9.89 Å². The van der Waals surface area contributed by atoms with Gasteiger partial charge in [-0.2, -0.15) is 5.10 Å². The van der Waals surface area contributed by atoms with Crippen molar-refractivity contribution in [1.82, 2.24) is 10.2 Å². The Morgan fingerprint density at radius 1 is 1.09 bits per heavy atom. The van der Waals surface area contributed by atoms with Gasteiger partial charge in [0.25, 0.3) is 5.91 Å². The van der Waals surface area contributed by atoms with E-state index in [1.165, 1.54) is 22.4 Å². The molecule has 1 aromatic heterocycles. The standard InChI is InChI=1S/C25H31N5O2/c1-16-12-20(13-17(2)18(16)3)15-27-25-23(24(26)31)22(28-29-25)14-19-4-6-21(7-5-19)30-8-10-32-11-9-30/h4-7,12-13H,8-11,14-15H2,1-3H3,(H2,26,31)(H2,27,28,29). The molecule has 4 N–H and O–H groups in total. The van der Waals surface area contributed by atoms with Gasteiger partial charge in [0.15, 0.2) is 5.82 Å². The highest BCUT2D eigenvalue weighted by Gasteiger charge is 2.19. The summed E-state index contributed by atoms with van der Waals surface area (Å²) in [4.78, 5) is 14.5. The Hall–Kier alpha value is -3.32. The molecule has 0 radical (unpaired) electrons. The molecular weight excluding hydrogens is 402 g/mol. The van der Waals surface area contributed by atoms with E-state index in [0.29, 0.717) is 24.3 Å². The predicted octanol–water partition coefficient (Wildman–Crippen LogP) is 3.47. The number of aromatic amines is 1. The van der Waals surface area contributed by atoms with Crippen molar-refractivity contribution in [2.24, 2.45) is 5.73 Å². The van der Waals surface area contributed by atoms with E-state index in [0.717, 1.165) is 43.1 Å². The van der Waals surface area contributed by atoms with Crippen molar-refractivity contribution in [3.63, 3.8) is 0 Å². The Morgan fingerprint density at radius 2 is 1.75 bits per heavy atom. The number of aromatic nitrogens is 2. The normalized spacial score (nSPS) is 13.9. The molecule has 32 heavy (non-hydrogen) atoms. The third kappa shape index (κ3) is 4.78. The van der Waals surface area contributed by atoms with Gasteiger partial charge in [-0.25, -0.2) is 0 Å². The molecule has 7 nitrogen and oxygen atoms in total. The number of H-pyrrole nitrogens is 1. The Kier molecular flexibility index (Phi) is 6.46. The van der Waals surface area contributed by atoms with Crippen LogP contribution in [0.2, 0.25) is 0 Å². The highest BCUT2D eigenvalue weighted by atomic mass is 16.5. The lowest BCUT2D eigenvalue weighted by atomic mass is 10.0. The third-order valence-corrected chi connectivity index (χ3v) is 6.23. The second kappa shape index (κ2) is 9.44. The summed E-state index contributed by atoms with van der Waals surface area (Å²) in [5.74, 6) is 0.00534. The number of morpholine rings is 1. The summed E-state index contributed by atoms with van der Waals surface area (Å²) in [6, 6.07) is 12.7. The van der Waals surface area contributed by atoms with E-state index in [2.05, 4.69) is 77.6 Å². The van der Waals surface area contributed by atoms with Crippen molar-refractivity contribution < 1.29 is 9.53 Å². The Labute approximate surface area is 189 Å². The number of amides is 1. The van der Waals surface area contributed by atoms with E-state index in [1.54, 1.807) is 0 Å². The number of nitrogens with two attached hydrogens (primary N) is 1. The number of hydrogen-bond acceptors (Lipinski definition) is 5. The Balaban J connectivity index is 1.47. The minimum absolute atomic E-state index is 0.419. The number of ether oxygens (including phenoxy) is 1. The average molecular weight is 434 g/mol. The van der Waals surface area contributed by atoms with Gasteiger partial charge in [0.2, 0.25) is 0 Å². The maximum absolute atomic E-state index is 12.2. The van der Waals surface area contributed by atoms with Gasteiger partial charge in [-0.1, -0.05) is 24.3 Å². The van der Waals surface area contributed by atoms with Gasteiger partial charge in [-0.05, 0) is 60.7 Å². The monoisotopic (exact) mass is 433 g/mol. The Morgan fingerprint density at radius 3 is 2.38 bits per heavy atom. The number of anilines is 2. The SMILES string of the molecule is Cc1cc(CNc2n[nH]c(Cc3ccc(N4CCOCC4)cc3)c2C(N)=O)cc(C)c1C. The highest BCUT2D eigenvalue weighted by Crippen LogP contribution is 2.23. The lowest BCUT2D eigenvalue weighted by Gasteiger charge is -2.28. The van der Waals surface area contributed by atoms with E-state index in [4.69, 9.17) is 10.5 Å². The predicted molar refractivity (Wildman–Crippen MR) is 127 cm³/mol. The zero-order chi connectivity index (χ0) is 22.7. The van der Waals surface area contributed by atoms with Gasteiger partial charge in [0, 0.05) is 31.7 Å². The number of hydrogen-bond donors (Lipinski definition) is 3.